The fourth-order valence-electron chi connectivity index (χ4n) is 1.96. The highest BCUT2D eigenvalue weighted by atomic mass is 16.1. The minimum absolute atomic E-state index is 0.166. The van der Waals surface area contributed by atoms with E-state index in [1.165, 1.54) is 0 Å². The van der Waals surface area contributed by atoms with Crippen LogP contribution in [0.15, 0.2) is 24.4 Å². The molecule has 20 heavy (non-hydrogen) atoms. The molecule has 1 aromatic heterocycles. The van der Waals surface area contributed by atoms with Crippen LogP contribution in [0.4, 0.5) is 5.69 Å². The van der Waals surface area contributed by atoms with E-state index in [0.29, 0.717) is 17.8 Å². The number of hydrogen-bond acceptors (Lipinski definition) is 4. The predicted octanol–water partition coefficient (Wildman–Crippen LogP) is 1.25. The summed E-state index contributed by atoms with van der Waals surface area (Å²) in [5.41, 5.74) is 6.77. The third-order valence-electron chi connectivity index (χ3n) is 3.35. The number of carbonyl (C=O) groups is 1. The number of benzene rings is 1. The van der Waals surface area contributed by atoms with Crippen molar-refractivity contribution in [3.8, 4) is 0 Å². The van der Waals surface area contributed by atoms with Crippen molar-refractivity contribution >= 4 is 11.6 Å². The summed E-state index contributed by atoms with van der Waals surface area (Å²) in [5, 5.41) is 7.02. The molecule has 4 N–H and O–H groups in total. The summed E-state index contributed by atoms with van der Waals surface area (Å²) < 4.78 is 1.78. The van der Waals surface area contributed by atoms with Gasteiger partial charge in [-0.15, -0.1) is 0 Å². The number of carbonyl (C=O) groups excluding carboxylic acids is 1. The highest BCUT2D eigenvalue weighted by molar-refractivity contribution is 5.99. The maximum Gasteiger partial charge on any atom is 0.253 e. The van der Waals surface area contributed by atoms with E-state index in [1.54, 1.807) is 16.9 Å². The summed E-state index contributed by atoms with van der Waals surface area (Å²) in [5.74, 6) is 5.28. The van der Waals surface area contributed by atoms with Crippen LogP contribution in [0.25, 0.3) is 0 Å². The average molecular weight is 273 g/mol. The maximum absolute atomic E-state index is 12.2. The molecule has 0 atom stereocenters. The molecule has 2 rings (SSSR count). The van der Waals surface area contributed by atoms with Crippen LogP contribution in [0, 0.1) is 13.8 Å². The molecule has 0 bridgehead atoms. The molecule has 0 spiro atoms. The molecule has 0 fully saturated rings. The van der Waals surface area contributed by atoms with Gasteiger partial charge in [-0.2, -0.15) is 5.10 Å². The van der Waals surface area contributed by atoms with Crippen molar-refractivity contribution in [3.05, 3.63) is 46.8 Å². The molecule has 0 radical (unpaired) electrons. The highest BCUT2D eigenvalue weighted by Crippen LogP contribution is 2.16. The molecule has 0 aliphatic carbocycles. The van der Waals surface area contributed by atoms with Gasteiger partial charge in [-0.1, -0.05) is 6.07 Å². The SMILES string of the molecule is Cc1ccc(C(=O)NCc2cnn(C)c2C)c(NN)c1. The number of anilines is 1. The van der Waals surface area contributed by atoms with E-state index in [4.69, 9.17) is 5.84 Å². The number of nitrogens with one attached hydrogen (secondary N) is 2. The van der Waals surface area contributed by atoms with E-state index in [-0.39, 0.29) is 5.91 Å². The van der Waals surface area contributed by atoms with E-state index in [2.05, 4.69) is 15.8 Å². The number of aryl methyl sites for hydroxylation is 2. The first-order chi connectivity index (χ1) is 9.52. The fraction of sp³-hybridized carbons (Fsp3) is 0.286. The second-order valence-electron chi connectivity index (χ2n) is 4.75. The van der Waals surface area contributed by atoms with E-state index in [1.807, 2.05) is 33.0 Å². The van der Waals surface area contributed by atoms with E-state index in [9.17, 15) is 4.79 Å². The molecule has 0 saturated carbocycles. The topological polar surface area (TPSA) is 85.0 Å². The number of hydrazine groups is 1. The number of amides is 1. The maximum atomic E-state index is 12.2. The summed E-state index contributed by atoms with van der Waals surface area (Å²) in [7, 11) is 1.87. The number of nitrogen functional groups attached to an aromatic ring is 1. The van der Waals surface area contributed by atoms with E-state index in [0.717, 1.165) is 16.8 Å². The van der Waals surface area contributed by atoms with Crippen molar-refractivity contribution in [1.29, 1.82) is 0 Å². The van der Waals surface area contributed by atoms with Crippen LogP contribution in [0.5, 0.6) is 0 Å². The lowest BCUT2D eigenvalue weighted by molar-refractivity contribution is 0.0951. The smallest absolute Gasteiger partial charge is 0.253 e. The fourth-order valence-corrected chi connectivity index (χ4v) is 1.96. The molecule has 0 aliphatic rings. The zero-order valence-corrected chi connectivity index (χ0v) is 11.9. The lowest BCUT2D eigenvalue weighted by Crippen LogP contribution is -2.25. The monoisotopic (exact) mass is 273 g/mol. The standard InChI is InChI=1S/C14H19N5O/c1-9-4-5-12(13(6-9)18-15)14(20)16-7-11-8-17-19(3)10(11)2/h4-6,8,18H,7,15H2,1-3H3,(H,16,20). The van der Waals surface area contributed by atoms with Gasteiger partial charge >= 0.3 is 0 Å². The molecule has 6 nitrogen and oxygen atoms in total. The Labute approximate surface area is 117 Å². The van der Waals surface area contributed by atoms with Crippen molar-refractivity contribution in [2.24, 2.45) is 12.9 Å². The Bertz CT molecular complexity index is 632. The molecule has 1 heterocycles. The molecule has 0 unspecified atom stereocenters. The van der Waals surface area contributed by atoms with Crippen molar-refractivity contribution in [2.45, 2.75) is 20.4 Å². The first-order valence-corrected chi connectivity index (χ1v) is 6.36. The summed E-state index contributed by atoms with van der Waals surface area (Å²) in [6.45, 7) is 4.35. The molecule has 2 aromatic rings. The molecular weight excluding hydrogens is 254 g/mol. The first-order valence-electron chi connectivity index (χ1n) is 6.36. The van der Waals surface area contributed by atoms with Gasteiger partial charge in [-0.25, -0.2) is 0 Å². The Morgan fingerprint density at radius 1 is 1.40 bits per heavy atom. The van der Waals surface area contributed by atoms with Crippen LogP contribution in [-0.4, -0.2) is 15.7 Å². The molecule has 1 amide bonds. The minimum Gasteiger partial charge on any atom is -0.348 e. The number of aromatic nitrogens is 2. The summed E-state index contributed by atoms with van der Waals surface area (Å²) in [4.78, 5) is 12.2. The zero-order chi connectivity index (χ0) is 14.7. The Kier molecular flexibility index (Phi) is 4.05. The zero-order valence-electron chi connectivity index (χ0n) is 11.9. The van der Waals surface area contributed by atoms with Crippen LogP contribution in [-0.2, 0) is 13.6 Å². The van der Waals surface area contributed by atoms with Crippen molar-refractivity contribution < 1.29 is 4.79 Å². The quantitative estimate of drug-likeness (QED) is 0.578. The van der Waals surface area contributed by atoms with Gasteiger partial charge in [0.2, 0.25) is 0 Å². The summed E-state index contributed by atoms with van der Waals surface area (Å²) in [6.07, 6.45) is 1.76. The van der Waals surface area contributed by atoms with Gasteiger partial charge in [0.15, 0.2) is 0 Å². The lowest BCUT2D eigenvalue weighted by atomic mass is 10.1. The van der Waals surface area contributed by atoms with Crippen molar-refractivity contribution in [3.63, 3.8) is 0 Å². The number of nitrogens with two attached hydrogens (primary N) is 1. The van der Waals surface area contributed by atoms with Crippen molar-refractivity contribution in [2.75, 3.05) is 5.43 Å². The first kappa shape index (κ1) is 14.1. The molecule has 0 saturated heterocycles. The van der Waals surface area contributed by atoms with Gasteiger partial charge in [-0.05, 0) is 31.5 Å². The Morgan fingerprint density at radius 3 is 2.75 bits per heavy atom. The normalized spacial score (nSPS) is 10.4. The molecular formula is C14H19N5O. The van der Waals surface area contributed by atoms with Gasteiger partial charge in [0.1, 0.15) is 0 Å². The largest absolute Gasteiger partial charge is 0.348 e. The van der Waals surface area contributed by atoms with Crippen LogP contribution >= 0.6 is 0 Å². The van der Waals surface area contributed by atoms with E-state index < -0.39 is 0 Å². The Balaban J connectivity index is 2.11. The molecule has 106 valence electrons. The van der Waals surface area contributed by atoms with Crippen molar-refractivity contribution in [1.82, 2.24) is 15.1 Å². The van der Waals surface area contributed by atoms with Crippen LogP contribution in [0.3, 0.4) is 0 Å². The molecule has 0 aliphatic heterocycles. The van der Waals surface area contributed by atoms with E-state index >= 15 is 0 Å². The van der Waals surface area contributed by atoms with Gasteiger partial charge in [0.05, 0.1) is 17.4 Å². The van der Waals surface area contributed by atoms with Gasteiger partial charge < -0.3 is 10.7 Å². The summed E-state index contributed by atoms with van der Waals surface area (Å²) in [6, 6.07) is 5.48. The molecule has 1 aromatic carbocycles. The number of hydrogen-bond donors (Lipinski definition) is 3. The second-order valence-corrected chi connectivity index (χ2v) is 4.75. The van der Waals surface area contributed by atoms with Gasteiger partial charge in [-0.3, -0.25) is 15.3 Å². The van der Waals surface area contributed by atoms with Crippen LogP contribution in [0.1, 0.15) is 27.2 Å². The highest BCUT2D eigenvalue weighted by Gasteiger charge is 2.12. The Morgan fingerprint density at radius 2 is 2.15 bits per heavy atom. The average Bonchev–Trinajstić information content (AvgIpc) is 2.76. The number of nitrogens with zero attached hydrogens (tertiary/aromatic N) is 2. The summed E-state index contributed by atoms with van der Waals surface area (Å²) >= 11 is 0. The van der Waals surface area contributed by atoms with Gasteiger partial charge in [0.25, 0.3) is 5.91 Å². The minimum atomic E-state index is -0.166. The lowest BCUT2D eigenvalue weighted by Gasteiger charge is -2.10. The third-order valence-corrected chi connectivity index (χ3v) is 3.35. The Hall–Kier alpha value is -2.34. The number of rotatable bonds is 4. The predicted molar refractivity (Wildman–Crippen MR) is 78.1 cm³/mol. The third kappa shape index (κ3) is 2.80. The second kappa shape index (κ2) is 5.75. The van der Waals surface area contributed by atoms with Gasteiger partial charge in [0, 0.05) is 24.8 Å². The van der Waals surface area contributed by atoms with Crippen LogP contribution < -0.4 is 16.6 Å². The van der Waals surface area contributed by atoms with Crippen LogP contribution in [0.2, 0.25) is 0 Å². The molecule has 6 heteroatoms.